The molecule has 1 aliphatic heterocycles. The van der Waals surface area contributed by atoms with Gasteiger partial charge in [0, 0.05) is 34.4 Å². The van der Waals surface area contributed by atoms with E-state index in [2.05, 4.69) is 5.32 Å². The highest BCUT2D eigenvalue weighted by atomic mass is 16.5. The predicted octanol–water partition coefficient (Wildman–Crippen LogP) is 0.825. The second kappa shape index (κ2) is 9.69. The summed E-state index contributed by atoms with van der Waals surface area (Å²) in [7, 11) is 4.67. The van der Waals surface area contributed by atoms with E-state index in [4.69, 9.17) is 14.2 Å². The van der Waals surface area contributed by atoms with Gasteiger partial charge in [0.05, 0.1) is 6.04 Å². The van der Waals surface area contributed by atoms with Gasteiger partial charge in [-0.05, 0) is 12.8 Å². The average Bonchev–Trinajstić information content (AvgIpc) is 2.79. The molecule has 1 rings (SSSR count). The molecule has 0 radical (unpaired) electrons. The highest BCUT2D eigenvalue weighted by molar-refractivity contribution is 5.81. The number of carbonyl (C=O) groups is 2. The maximum absolute atomic E-state index is 12.8. The van der Waals surface area contributed by atoms with Crippen molar-refractivity contribution in [1.29, 1.82) is 0 Å². The van der Waals surface area contributed by atoms with Crippen molar-refractivity contribution >= 4 is 11.9 Å². The third kappa shape index (κ3) is 5.05. The zero-order valence-electron chi connectivity index (χ0n) is 14.7. The van der Waals surface area contributed by atoms with Crippen molar-refractivity contribution in [1.82, 2.24) is 15.1 Å². The van der Waals surface area contributed by atoms with E-state index in [9.17, 15) is 9.59 Å². The molecule has 1 N–H and O–H groups in total. The van der Waals surface area contributed by atoms with Gasteiger partial charge in [-0.3, -0.25) is 14.6 Å². The second-order valence-corrected chi connectivity index (χ2v) is 5.75. The number of ether oxygens (including phenoxy) is 3. The smallest absolute Gasteiger partial charge is 0.321 e. The maximum Gasteiger partial charge on any atom is 0.321 e. The predicted molar refractivity (Wildman–Crippen MR) is 84.5 cm³/mol. The quantitative estimate of drug-likeness (QED) is 0.600. The Kier molecular flexibility index (Phi) is 8.29. The van der Waals surface area contributed by atoms with Gasteiger partial charge in [0.25, 0.3) is 0 Å². The first kappa shape index (κ1) is 19.7. The number of amides is 3. The Morgan fingerprint density at radius 2 is 2.00 bits per heavy atom. The van der Waals surface area contributed by atoms with Gasteiger partial charge < -0.3 is 19.5 Å². The van der Waals surface area contributed by atoms with Crippen LogP contribution in [-0.4, -0.2) is 75.3 Å². The van der Waals surface area contributed by atoms with Gasteiger partial charge in [-0.2, -0.15) is 0 Å². The van der Waals surface area contributed by atoms with Gasteiger partial charge in [0.1, 0.15) is 19.6 Å². The summed E-state index contributed by atoms with van der Waals surface area (Å²) in [5, 5.41) is 2.82. The number of urea groups is 1. The summed E-state index contributed by atoms with van der Waals surface area (Å²) >= 11 is 0. The Balaban J connectivity index is 2.90. The first-order chi connectivity index (χ1) is 11.0. The van der Waals surface area contributed by atoms with Crippen molar-refractivity contribution in [2.75, 3.05) is 41.4 Å². The van der Waals surface area contributed by atoms with Crippen LogP contribution >= 0.6 is 0 Å². The SMILES string of the molecule is CCC(COC)CC(=O)N(COC)C1C(C)NC(=O)N1COC. The number of nitrogens with one attached hydrogen (secondary N) is 1. The third-order valence-electron chi connectivity index (χ3n) is 4.00. The Labute approximate surface area is 138 Å². The van der Waals surface area contributed by atoms with Gasteiger partial charge in [0.15, 0.2) is 0 Å². The molecule has 0 spiro atoms. The molecule has 3 amide bonds. The van der Waals surface area contributed by atoms with Crippen LogP contribution in [0.25, 0.3) is 0 Å². The summed E-state index contributed by atoms with van der Waals surface area (Å²) in [6.45, 7) is 4.65. The van der Waals surface area contributed by atoms with Gasteiger partial charge >= 0.3 is 6.03 Å². The fourth-order valence-corrected chi connectivity index (χ4v) is 2.81. The summed E-state index contributed by atoms with van der Waals surface area (Å²) in [5.74, 6) is 0.0771. The normalized spacial score (nSPS) is 22.1. The van der Waals surface area contributed by atoms with E-state index in [1.807, 2.05) is 13.8 Å². The molecule has 0 bridgehead atoms. The lowest BCUT2D eigenvalue weighted by atomic mass is 10.0. The van der Waals surface area contributed by atoms with Crippen LogP contribution in [0.4, 0.5) is 4.79 Å². The van der Waals surface area contributed by atoms with Crippen molar-refractivity contribution in [3.8, 4) is 0 Å². The van der Waals surface area contributed by atoms with Crippen LogP contribution in [0.1, 0.15) is 26.7 Å². The van der Waals surface area contributed by atoms with E-state index in [1.54, 1.807) is 12.0 Å². The molecule has 8 nitrogen and oxygen atoms in total. The zero-order chi connectivity index (χ0) is 17.4. The lowest BCUT2D eigenvalue weighted by Gasteiger charge is -2.35. The largest absolute Gasteiger partial charge is 0.384 e. The molecule has 0 saturated carbocycles. The summed E-state index contributed by atoms with van der Waals surface area (Å²) in [6.07, 6.45) is 0.765. The third-order valence-corrected chi connectivity index (χ3v) is 4.00. The molecule has 3 unspecified atom stereocenters. The summed E-state index contributed by atoms with van der Waals surface area (Å²) < 4.78 is 15.4. The maximum atomic E-state index is 12.8. The van der Waals surface area contributed by atoms with E-state index < -0.39 is 6.17 Å². The molecule has 134 valence electrons. The van der Waals surface area contributed by atoms with Crippen LogP contribution in [0.15, 0.2) is 0 Å². The lowest BCUT2D eigenvalue weighted by Crippen LogP contribution is -2.54. The minimum absolute atomic E-state index is 0.0646. The van der Waals surface area contributed by atoms with Crippen LogP contribution in [-0.2, 0) is 19.0 Å². The molecule has 23 heavy (non-hydrogen) atoms. The van der Waals surface area contributed by atoms with Crippen molar-refractivity contribution in [3.63, 3.8) is 0 Å². The molecular formula is C15H29N3O5. The van der Waals surface area contributed by atoms with Crippen LogP contribution < -0.4 is 5.32 Å². The summed E-state index contributed by atoms with van der Waals surface area (Å²) in [6, 6.07) is -0.457. The van der Waals surface area contributed by atoms with Crippen LogP contribution in [0, 0.1) is 5.92 Å². The Bertz CT molecular complexity index is 393. The highest BCUT2D eigenvalue weighted by Gasteiger charge is 2.42. The number of nitrogens with zero attached hydrogens (tertiary/aromatic N) is 2. The molecule has 1 saturated heterocycles. The Morgan fingerprint density at radius 3 is 2.52 bits per heavy atom. The Hall–Kier alpha value is -1.38. The number of methoxy groups -OCH3 is 3. The molecule has 1 heterocycles. The van der Waals surface area contributed by atoms with Gasteiger partial charge in [-0.15, -0.1) is 0 Å². The molecular weight excluding hydrogens is 302 g/mol. The van der Waals surface area contributed by atoms with Gasteiger partial charge in [0.2, 0.25) is 5.91 Å². The van der Waals surface area contributed by atoms with E-state index in [0.29, 0.717) is 13.0 Å². The van der Waals surface area contributed by atoms with E-state index in [0.717, 1.165) is 6.42 Å². The molecule has 8 heteroatoms. The fourth-order valence-electron chi connectivity index (χ4n) is 2.81. The molecule has 1 aliphatic rings. The summed E-state index contributed by atoms with van der Waals surface area (Å²) in [5.41, 5.74) is 0. The minimum atomic E-state index is -0.435. The minimum Gasteiger partial charge on any atom is -0.384 e. The molecule has 3 atom stereocenters. The molecule has 0 aromatic rings. The van der Waals surface area contributed by atoms with Crippen LogP contribution in [0.3, 0.4) is 0 Å². The first-order valence-corrected chi connectivity index (χ1v) is 7.83. The van der Waals surface area contributed by atoms with Crippen molar-refractivity contribution in [2.24, 2.45) is 5.92 Å². The zero-order valence-corrected chi connectivity index (χ0v) is 14.7. The number of carbonyl (C=O) groups excluding carboxylic acids is 2. The molecule has 0 aromatic heterocycles. The van der Waals surface area contributed by atoms with Crippen LogP contribution in [0.2, 0.25) is 0 Å². The molecule has 1 fully saturated rings. The molecule has 0 aliphatic carbocycles. The van der Waals surface area contributed by atoms with Gasteiger partial charge in [-0.25, -0.2) is 4.79 Å². The number of rotatable bonds is 10. The van der Waals surface area contributed by atoms with Crippen LogP contribution in [0.5, 0.6) is 0 Å². The standard InChI is InChI=1S/C15H29N3O5/c1-6-12(8-21-3)7-13(19)17(9-22-4)14-11(2)16-15(20)18(14)10-23-5/h11-12,14H,6-10H2,1-5H3,(H,16,20). The number of hydrogen-bond acceptors (Lipinski definition) is 5. The van der Waals surface area contributed by atoms with E-state index >= 15 is 0 Å². The fraction of sp³-hybridized carbons (Fsp3) is 0.867. The van der Waals surface area contributed by atoms with Crippen molar-refractivity contribution < 1.29 is 23.8 Å². The average molecular weight is 331 g/mol. The number of hydrogen-bond donors (Lipinski definition) is 1. The van der Waals surface area contributed by atoms with Crippen molar-refractivity contribution in [2.45, 2.75) is 38.9 Å². The van der Waals surface area contributed by atoms with Crippen molar-refractivity contribution in [3.05, 3.63) is 0 Å². The highest BCUT2D eigenvalue weighted by Crippen LogP contribution is 2.21. The molecule has 0 aromatic carbocycles. The first-order valence-electron chi connectivity index (χ1n) is 7.83. The van der Waals surface area contributed by atoms with E-state index in [-0.39, 0.29) is 37.4 Å². The monoisotopic (exact) mass is 331 g/mol. The van der Waals surface area contributed by atoms with Gasteiger partial charge in [-0.1, -0.05) is 13.3 Å². The van der Waals surface area contributed by atoms with E-state index in [1.165, 1.54) is 19.1 Å². The second-order valence-electron chi connectivity index (χ2n) is 5.75. The topological polar surface area (TPSA) is 80.3 Å². The lowest BCUT2D eigenvalue weighted by molar-refractivity contribution is -0.146. The summed E-state index contributed by atoms with van der Waals surface area (Å²) in [4.78, 5) is 27.9. The Morgan fingerprint density at radius 1 is 1.30 bits per heavy atom.